The topological polar surface area (TPSA) is 111 Å². The summed E-state index contributed by atoms with van der Waals surface area (Å²) in [6.07, 6.45) is 0. The van der Waals surface area contributed by atoms with Crippen LogP contribution in [0.4, 0.5) is 0 Å². The highest BCUT2D eigenvalue weighted by Gasteiger charge is 2.22. The molecule has 0 heterocycles. The van der Waals surface area contributed by atoms with E-state index in [4.69, 9.17) is 10.5 Å². The van der Waals surface area contributed by atoms with E-state index >= 15 is 0 Å². The Morgan fingerprint density at radius 1 is 1.04 bits per heavy atom. The number of carbonyl (C=O) groups excluding carboxylic acids is 3. The molecule has 0 spiro atoms. The summed E-state index contributed by atoms with van der Waals surface area (Å²) in [5.41, 5.74) is 7.07. The molecule has 3 amide bonds. The number of nitrogens with one attached hydrogen (secondary N) is 2. The number of hydrogen-bond donors (Lipinski definition) is 3. The van der Waals surface area contributed by atoms with Gasteiger partial charge in [0, 0.05) is 19.2 Å². The number of methoxy groups -OCH3 is 1. The molecular formula is C19H21N3O4. The molecule has 1 atom stereocenters. The molecule has 26 heavy (non-hydrogen) atoms. The molecule has 4 N–H and O–H groups in total. The summed E-state index contributed by atoms with van der Waals surface area (Å²) in [6, 6.07) is 14.7. The van der Waals surface area contributed by atoms with Gasteiger partial charge in [-0.2, -0.15) is 0 Å². The summed E-state index contributed by atoms with van der Waals surface area (Å²) in [5, 5.41) is 5.44. The first kappa shape index (κ1) is 19.1. The molecule has 1 unspecified atom stereocenters. The Kier molecular flexibility index (Phi) is 6.87. The summed E-state index contributed by atoms with van der Waals surface area (Å²) < 4.78 is 4.80. The number of carbonyl (C=O) groups is 3. The van der Waals surface area contributed by atoms with Crippen LogP contribution in [0.2, 0.25) is 0 Å². The summed E-state index contributed by atoms with van der Waals surface area (Å²) >= 11 is 0. The van der Waals surface area contributed by atoms with Crippen molar-refractivity contribution in [1.82, 2.24) is 10.6 Å². The van der Waals surface area contributed by atoms with Crippen LogP contribution < -0.4 is 16.4 Å². The molecule has 136 valence electrons. The van der Waals surface area contributed by atoms with E-state index < -0.39 is 11.9 Å². The van der Waals surface area contributed by atoms with Crippen molar-refractivity contribution in [3.05, 3.63) is 71.3 Å². The average Bonchev–Trinajstić information content (AvgIpc) is 2.65. The van der Waals surface area contributed by atoms with Gasteiger partial charge in [-0.25, -0.2) is 0 Å². The van der Waals surface area contributed by atoms with Gasteiger partial charge in [-0.15, -0.1) is 0 Å². The van der Waals surface area contributed by atoms with Gasteiger partial charge < -0.3 is 21.1 Å². The molecule has 2 aromatic carbocycles. The van der Waals surface area contributed by atoms with E-state index in [-0.39, 0.29) is 25.0 Å². The number of nitrogens with two attached hydrogens (primary N) is 1. The van der Waals surface area contributed by atoms with Crippen molar-refractivity contribution in [3.8, 4) is 0 Å². The molecule has 2 aromatic rings. The lowest BCUT2D eigenvalue weighted by molar-refractivity contribution is -0.131. The number of ether oxygens (including phenoxy) is 1. The van der Waals surface area contributed by atoms with E-state index in [0.717, 1.165) is 5.56 Å². The van der Waals surface area contributed by atoms with Crippen LogP contribution in [0.25, 0.3) is 0 Å². The Morgan fingerprint density at radius 2 is 1.69 bits per heavy atom. The lowest BCUT2D eigenvalue weighted by atomic mass is 10.1. The minimum Gasteiger partial charge on any atom is -0.375 e. The molecular weight excluding hydrogens is 334 g/mol. The molecule has 0 saturated heterocycles. The first-order chi connectivity index (χ1) is 12.5. The van der Waals surface area contributed by atoms with E-state index in [1.165, 1.54) is 7.11 Å². The fraction of sp³-hybridized carbons (Fsp3) is 0.211. The number of hydrogen-bond acceptors (Lipinski definition) is 4. The number of rotatable bonds is 8. The van der Waals surface area contributed by atoms with Crippen LogP contribution >= 0.6 is 0 Å². The summed E-state index contributed by atoms with van der Waals surface area (Å²) in [5.74, 6) is -1.24. The van der Waals surface area contributed by atoms with E-state index in [1.807, 2.05) is 6.07 Å². The second-order valence-corrected chi connectivity index (χ2v) is 5.62. The minimum absolute atomic E-state index is 0.134. The normalized spacial score (nSPS) is 11.4. The van der Waals surface area contributed by atoms with Crippen molar-refractivity contribution < 1.29 is 19.1 Å². The van der Waals surface area contributed by atoms with Crippen LogP contribution in [-0.2, 0) is 20.9 Å². The second-order valence-electron chi connectivity index (χ2n) is 5.62. The standard InChI is InChI=1S/C19H21N3O4/c1-26-12-16(23)22-17(14-5-3-2-4-6-14)19(25)21-11-13-7-9-15(10-8-13)18(20)24/h2-10,17H,11-12H2,1H3,(H2,20,24)(H,21,25)(H,22,23). The third-order valence-corrected chi connectivity index (χ3v) is 3.68. The molecule has 0 bridgehead atoms. The molecule has 0 saturated carbocycles. The zero-order valence-electron chi connectivity index (χ0n) is 14.4. The second kappa shape index (κ2) is 9.33. The van der Waals surface area contributed by atoms with Crippen LogP contribution in [0.15, 0.2) is 54.6 Å². The van der Waals surface area contributed by atoms with Gasteiger partial charge in [0.25, 0.3) is 0 Å². The lowest BCUT2D eigenvalue weighted by Crippen LogP contribution is -2.41. The molecule has 7 heteroatoms. The van der Waals surface area contributed by atoms with E-state index in [9.17, 15) is 14.4 Å². The minimum atomic E-state index is -0.830. The Balaban J connectivity index is 2.05. The zero-order valence-corrected chi connectivity index (χ0v) is 14.4. The molecule has 0 aliphatic heterocycles. The molecule has 7 nitrogen and oxygen atoms in total. The van der Waals surface area contributed by atoms with Crippen molar-refractivity contribution >= 4 is 17.7 Å². The van der Waals surface area contributed by atoms with Crippen LogP contribution in [-0.4, -0.2) is 31.4 Å². The van der Waals surface area contributed by atoms with Crippen LogP contribution in [0.1, 0.15) is 27.5 Å². The monoisotopic (exact) mass is 355 g/mol. The van der Waals surface area contributed by atoms with Gasteiger partial charge in [-0.3, -0.25) is 14.4 Å². The van der Waals surface area contributed by atoms with Crippen molar-refractivity contribution in [2.45, 2.75) is 12.6 Å². The van der Waals surface area contributed by atoms with Gasteiger partial charge >= 0.3 is 0 Å². The maximum Gasteiger partial charge on any atom is 0.248 e. The number of amides is 3. The predicted octanol–water partition coefficient (Wildman–Crippen LogP) is 0.906. The first-order valence-corrected chi connectivity index (χ1v) is 8.01. The van der Waals surface area contributed by atoms with Gasteiger partial charge in [0.1, 0.15) is 12.6 Å². The molecule has 0 aliphatic rings. The Morgan fingerprint density at radius 3 is 2.27 bits per heavy atom. The molecule has 0 aliphatic carbocycles. The van der Waals surface area contributed by atoms with Gasteiger partial charge in [-0.05, 0) is 23.3 Å². The Bertz CT molecular complexity index is 760. The van der Waals surface area contributed by atoms with Crippen LogP contribution in [0, 0.1) is 0 Å². The smallest absolute Gasteiger partial charge is 0.248 e. The SMILES string of the molecule is COCC(=O)NC(C(=O)NCc1ccc(C(N)=O)cc1)c1ccccc1. The molecule has 0 aromatic heterocycles. The van der Waals surface area contributed by atoms with Crippen molar-refractivity contribution in [3.63, 3.8) is 0 Å². The highest BCUT2D eigenvalue weighted by Crippen LogP contribution is 2.13. The summed E-state index contributed by atoms with van der Waals surface area (Å²) in [7, 11) is 1.41. The van der Waals surface area contributed by atoms with Crippen molar-refractivity contribution in [1.29, 1.82) is 0 Å². The Labute approximate surface area is 151 Å². The highest BCUT2D eigenvalue weighted by atomic mass is 16.5. The molecule has 0 radical (unpaired) electrons. The van der Waals surface area contributed by atoms with Crippen molar-refractivity contribution in [2.24, 2.45) is 5.73 Å². The highest BCUT2D eigenvalue weighted by molar-refractivity contribution is 5.92. The summed E-state index contributed by atoms with van der Waals surface area (Å²) in [4.78, 5) is 35.5. The zero-order chi connectivity index (χ0) is 18.9. The van der Waals surface area contributed by atoms with Crippen molar-refractivity contribution in [2.75, 3.05) is 13.7 Å². The maximum absolute atomic E-state index is 12.6. The quantitative estimate of drug-likeness (QED) is 0.653. The fourth-order valence-electron chi connectivity index (χ4n) is 2.36. The first-order valence-electron chi connectivity index (χ1n) is 8.01. The van der Waals surface area contributed by atoms with Gasteiger partial charge in [0.15, 0.2) is 0 Å². The van der Waals surface area contributed by atoms with Gasteiger partial charge in [-0.1, -0.05) is 42.5 Å². The largest absolute Gasteiger partial charge is 0.375 e. The van der Waals surface area contributed by atoms with E-state index in [1.54, 1.807) is 48.5 Å². The van der Waals surface area contributed by atoms with Gasteiger partial charge in [0.05, 0.1) is 0 Å². The molecule has 0 fully saturated rings. The fourth-order valence-corrected chi connectivity index (χ4v) is 2.36. The van der Waals surface area contributed by atoms with Crippen LogP contribution in [0.5, 0.6) is 0 Å². The number of primary amides is 1. The van der Waals surface area contributed by atoms with Crippen LogP contribution in [0.3, 0.4) is 0 Å². The third kappa shape index (κ3) is 5.42. The Hall–Kier alpha value is -3.19. The van der Waals surface area contributed by atoms with E-state index in [2.05, 4.69) is 10.6 Å². The number of benzene rings is 2. The lowest BCUT2D eigenvalue weighted by Gasteiger charge is -2.19. The van der Waals surface area contributed by atoms with Gasteiger partial charge in [0.2, 0.25) is 17.7 Å². The predicted molar refractivity (Wildman–Crippen MR) is 96.0 cm³/mol. The maximum atomic E-state index is 12.6. The average molecular weight is 355 g/mol. The summed E-state index contributed by atoms with van der Waals surface area (Å²) in [6.45, 7) is 0.118. The molecule has 2 rings (SSSR count). The van der Waals surface area contributed by atoms with E-state index in [0.29, 0.717) is 11.1 Å². The third-order valence-electron chi connectivity index (χ3n) is 3.68.